The highest BCUT2D eigenvalue weighted by Crippen LogP contribution is 2.04. The summed E-state index contributed by atoms with van der Waals surface area (Å²) in [6, 6.07) is 15.9. The van der Waals surface area contributed by atoms with E-state index in [0.29, 0.717) is 0 Å². The van der Waals surface area contributed by atoms with Crippen molar-refractivity contribution in [3.8, 4) is 0 Å². The van der Waals surface area contributed by atoms with Crippen LogP contribution in [0.5, 0.6) is 0 Å². The van der Waals surface area contributed by atoms with Crippen LogP contribution in [-0.4, -0.2) is 0 Å². The molecule has 0 bridgehead atoms. The highest BCUT2D eigenvalue weighted by Gasteiger charge is 2.06. The standard InChI is InChI=1S/C14H15NO/c1-12-6-5-9-14(15(12)16)11-10-13-7-3-2-4-8-13/h2-9H,10-11H2,1H3. The Morgan fingerprint density at radius 2 is 1.69 bits per heavy atom. The van der Waals surface area contributed by atoms with Crippen molar-refractivity contribution in [2.45, 2.75) is 19.8 Å². The first-order valence-electron chi connectivity index (χ1n) is 5.49. The van der Waals surface area contributed by atoms with Crippen LogP contribution in [-0.2, 0) is 12.8 Å². The molecule has 2 aromatic rings. The molecule has 0 saturated heterocycles. The van der Waals surface area contributed by atoms with Crippen LogP contribution in [0.25, 0.3) is 0 Å². The van der Waals surface area contributed by atoms with Gasteiger partial charge >= 0.3 is 0 Å². The first-order chi connectivity index (χ1) is 7.77. The minimum atomic E-state index is 0.755. The summed E-state index contributed by atoms with van der Waals surface area (Å²) >= 11 is 0. The Kier molecular flexibility index (Phi) is 3.20. The van der Waals surface area contributed by atoms with Crippen LogP contribution < -0.4 is 4.73 Å². The van der Waals surface area contributed by atoms with Gasteiger partial charge in [-0.15, -0.1) is 0 Å². The maximum Gasteiger partial charge on any atom is 0.193 e. The molecule has 1 aromatic carbocycles. The molecule has 2 heteroatoms. The lowest BCUT2D eigenvalue weighted by Crippen LogP contribution is -2.35. The summed E-state index contributed by atoms with van der Waals surface area (Å²) in [7, 11) is 0. The number of hydrogen-bond donors (Lipinski definition) is 0. The van der Waals surface area contributed by atoms with Gasteiger partial charge in [-0.05, 0) is 18.1 Å². The molecule has 1 heterocycles. The van der Waals surface area contributed by atoms with E-state index in [1.807, 2.05) is 43.3 Å². The van der Waals surface area contributed by atoms with E-state index < -0.39 is 0 Å². The number of pyridine rings is 1. The molecule has 0 aliphatic heterocycles. The van der Waals surface area contributed by atoms with Crippen LogP contribution in [0.4, 0.5) is 0 Å². The van der Waals surface area contributed by atoms with Crippen LogP contribution in [0.2, 0.25) is 0 Å². The van der Waals surface area contributed by atoms with Gasteiger partial charge in [0.25, 0.3) is 0 Å². The highest BCUT2D eigenvalue weighted by molar-refractivity contribution is 5.16. The fourth-order valence-electron chi connectivity index (χ4n) is 1.76. The van der Waals surface area contributed by atoms with Crippen molar-refractivity contribution in [3.63, 3.8) is 0 Å². The van der Waals surface area contributed by atoms with Gasteiger partial charge in [0.15, 0.2) is 11.4 Å². The molecule has 0 spiro atoms. The van der Waals surface area contributed by atoms with E-state index >= 15 is 0 Å². The van der Waals surface area contributed by atoms with Crippen LogP contribution in [0.1, 0.15) is 17.0 Å². The van der Waals surface area contributed by atoms with E-state index in [1.54, 1.807) is 0 Å². The van der Waals surface area contributed by atoms with Crippen molar-refractivity contribution in [2.24, 2.45) is 0 Å². The highest BCUT2D eigenvalue weighted by atomic mass is 16.5. The van der Waals surface area contributed by atoms with Gasteiger partial charge in [-0.1, -0.05) is 30.3 Å². The van der Waals surface area contributed by atoms with Crippen molar-refractivity contribution in [2.75, 3.05) is 0 Å². The van der Waals surface area contributed by atoms with Crippen LogP contribution in [0, 0.1) is 12.1 Å². The minimum absolute atomic E-state index is 0.755. The first kappa shape index (κ1) is 10.7. The zero-order chi connectivity index (χ0) is 11.4. The molecule has 0 fully saturated rings. The largest absolute Gasteiger partial charge is 0.618 e. The monoisotopic (exact) mass is 213 g/mol. The second-order valence-electron chi connectivity index (χ2n) is 3.94. The van der Waals surface area contributed by atoms with Crippen molar-refractivity contribution in [1.29, 1.82) is 0 Å². The van der Waals surface area contributed by atoms with Gasteiger partial charge in [0, 0.05) is 25.5 Å². The Balaban J connectivity index is 2.08. The van der Waals surface area contributed by atoms with E-state index in [1.165, 1.54) is 5.56 Å². The molecule has 2 nitrogen and oxygen atoms in total. The summed E-state index contributed by atoms with van der Waals surface area (Å²) in [5.74, 6) is 0. The summed E-state index contributed by atoms with van der Waals surface area (Å²) in [4.78, 5) is 0. The lowest BCUT2D eigenvalue weighted by Gasteiger charge is -2.06. The maximum absolute atomic E-state index is 11.7. The van der Waals surface area contributed by atoms with Gasteiger partial charge in [0.1, 0.15) is 0 Å². The number of benzene rings is 1. The van der Waals surface area contributed by atoms with Crippen LogP contribution in [0.15, 0.2) is 48.5 Å². The van der Waals surface area contributed by atoms with Crippen molar-refractivity contribution in [3.05, 3.63) is 70.7 Å². The summed E-state index contributed by atoms with van der Waals surface area (Å²) in [5.41, 5.74) is 2.86. The Morgan fingerprint density at radius 1 is 0.938 bits per heavy atom. The van der Waals surface area contributed by atoms with Crippen molar-refractivity contribution < 1.29 is 4.73 Å². The molecule has 2 rings (SSSR count). The summed E-state index contributed by atoms with van der Waals surface area (Å²) in [6.45, 7) is 1.83. The van der Waals surface area contributed by atoms with Gasteiger partial charge in [-0.2, -0.15) is 4.73 Å². The molecule has 0 unspecified atom stereocenters. The summed E-state index contributed by atoms with van der Waals surface area (Å²) in [5, 5.41) is 11.7. The van der Waals surface area contributed by atoms with Gasteiger partial charge in [-0.25, -0.2) is 0 Å². The third-order valence-electron chi connectivity index (χ3n) is 2.72. The quantitative estimate of drug-likeness (QED) is 0.568. The molecular weight excluding hydrogens is 198 g/mol. The average molecular weight is 213 g/mol. The summed E-state index contributed by atoms with van der Waals surface area (Å²) < 4.78 is 1.02. The molecule has 0 N–H and O–H groups in total. The Morgan fingerprint density at radius 3 is 2.44 bits per heavy atom. The SMILES string of the molecule is Cc1cccc(CCc2ccccc2)[n+]1[O-]. The normalized spacial score (nSPS) is 10.3. The third kappa shape index (κ3) is 2.40. The smallest absolute Gasteiger partial charge is 0.193 e. The molecule has 0 aliphatic carbocycles. The molecule has 16 heavy (non-hydrogen) atoms. The lowest BCUT2D eigenvalue weighted by atomic mass is 10.1. The van der Waals surface area contributed by atoms with Gasteiger partial charge in [0.2, 0.25) is 0 Å². The predicted octanol–water partition coefficient (Wildman–Crippen LogP) is 2.41. The molecule has 0 saturated carbocycles. The first-order valence-corrected chi connectivity index (χ1v) is 5.49. The Bertz CT molecular complexity index is 465. The second kappa shape index (κ2) is 4.79. The second-order valence-corrected chi connectivity index (χ2v) is 3.94. The van der Waals surface area contributed by atoms with Crippen LogP contribution in [0.3, 0.4) is 0 Å². The molecule has 0 radical (unpaired) electrons. The molecule has 0 aliphatic rings. The zero-order valence-electron chi connectivity index (χ0n) is 9.39. The fourth-order valence-corrected chi connectivity index (χ4v) is 1.76. The minimum Gasteiger partial charge on any atom is -0.618 e. The molecular formula is C14H15NO. The Hall–Kier alpha value is -1.83. The van der Waals surface area contributed by atoms with Gasteiger partial charge < -0.3 is 5.21 Å². The molecule has 0 atom stereocenters. The van der Waals surface area contributed by atoms with E-state index in [9.17, 15) is 5.21 Å². The molecule has 1 aromatic heterocycles. The Labute approximate surface area is 95.8 Å². The van der Waals surface area contributed by atoms with Crippen molar-refractivity contribution >= 4 is 0 Å². The van der Waals surface area contributed by atoms with Crippen molar-refractivity contribution in [1.82, 2.24) is 0 Å². The topological polar surface area (TPSA) is 26.9 Å². The number of aryl methyl sites for hydroxylation is 3. The number of aromatic nitrogens is 1. The van der Waals surface area contributed by atoms with E-state index in [-0.39, 0.29) is 0 Å². The van der Waals surface area contributed by atoms with E-state index in [2.05, 4.69) is 12.1 Å². The zero-order valence-corrected chi connectivity index (χ0v) is 9.39. The maximum atomic E-state index is 11.7. The fraction of sp³-hybridized carbons (Fsp3) is 0.214. The third-order valence-corrected chi connectivity index (χ3v) is 2.72. The predicted molar refractivity (Wildman–Crippen MR) is 64.0 cm³/mol. The van der Waals surface area contributed by atoms with Gasteiger partial charge in [-0.3, -0.25) is 0 Å². The lowest BCUT2D eigenvalue weighted by molar-refractivity contribution is -0.620. The molecule has 0 amide bonds. The number of hydrogen-bond acceptors (Lipinski definition) is 1. The van der Waals surface area contributed by atoms with E-state index in [4.69, 9.17) is 0 Å². The van der Waals surface area contributed by atoms with E-state index in [0.717, 1.165) is 29.0 Å². The summed E-state index contributed by atoms with van der Waals surface area (Å²) in [6.07, 6.45) is 1.70. The number of nitrogens with zero attached hydrogens (tertiary/aromatic N) is 1. The molecule has 82 valence electrons. The average Bonchev–Trinajstić information content (AvgIpc) is 2.32. The van der Waals surface area contributed by atoms with Crippen LogP contribution >= 0.6 is 0 Å². The number of rotatable bonds is 3. The van der Waals surface area contributed by atoms with Gasteiger partial charge in [0.05, 0.1) is 0 Å².